The van der Waals surface area contributed by atoms with E-state index < -0.39 is 0 Å². The van der Waals surface area contributed by atoms with Crippen LogP contribution in [0.2, 0.25) is 0 Å². The monoisotopic (exact) mass is 357 g/mol. The van der Waals surface area contributed by atoms with Crippen molar-refractivity contribution in [1.29, 1.82) is 0 Å². The van der Waals surface area contributed by atoms with Gasteiger partial charge in [-0.2, -0.15) is 4.98 Å². The highest BCUT2D eigenvalue weighted by molar-refractivity contribution is 9.11. The van der Waals surface area contributed by atoms with Crippen LogP contribution in [0, 0.1) is 0 Å². The van der Waals surface area contributed by atoms with Gasteiger partial charge in [0.1, 0.15) is 0 Å². The van der Waals surface area contributed by atoms with E-state index in [4.69, 9.17) is 10.3 Å². The number of nitrogen functional groups attached to an aromatic ring is 1. The highest BCUT2D eigenvalue weighted by Crippen LogP contribution is 2.40. The first kappa shape index (κ1) is 11.2. The molecule has 1 aromatic heterocycles. The fraction of sp³-hybridized carbons (Fsp3) is 0.273. The molecule has 1 saturated carbocycles. The summed E-state index contributed by atoms with van der Waals surface area (Å²) >= 11 is 6.81. The molecule has 1 aliphatic rings. The molecule has 2 N–H and O–H groups in total. The van der Waals surface area contributed by atoms with Crippen LogP contribution in [0.1, 0.15) is 24.6 Å². The number of aromatic nitrogens is 2. The zero-order valence-corrected chi connectivity index (χ0v) is 12.0. The maximum atomic E-state index is 5.99. The minimum atomic E-state index is 0.476. The maximum Gasteiger partial charge on any atom is 0.260 e. The standard InChI is InChI=1S/C11H9Br2N3O/c12-6-3-7(9(14)8(13)4-6)11-15-10(16-17-11)5-1-2-5/h3-5H,1-2,14H2. The van der Waals surface area contributed by atoms with Crippen molar-refractivity contribution in [3.05, 3.63) is 26.9 Å². The third kappa shape index (κ3) is 2.11. The average Bonchev–Trinajstić information content (AvgIpc) is 3.02. The third-order valence-corrected chi connectivity index (χ3v) is 3.82. The van der Waals surface area contributed by atoms with Crippen molar-refractivity contribution in [2.45, 2.75) is 18.8 Å². The molecular weight excluding hydrogens is 350 g/mol. The van der Waals surface area contributed by atoms with Crippen LogP contribution >= 0.6 is 31.9 Å². The van der Waals surface area contributed by atoms with Crippen LogP contribution in [0.5, 0.6) is 0 Å². The Balaban J connectivity index is 2.07. The van der Waals surface area contributed by atoms with Crippen molar-refractivity contribution in [3.8, 4) is 11.5 Å². The normalized spacial score (nSPS) is 15.2. The van der Waals surface area contributed by atoms with Crippen LogP contribution < -0.4 is 5.73 Å². The molecule has 0 radical (unpaired) electrons. The van der Waals surface area contributed by atoms with Gasteiger partial charge < -0.3 is 10.3 Å². The predicted molar refractivity (Wildman–Crippen MR) is 71.5 cm³/mol. The topological polar surface area (TPSA) is 64.9 Å². The lowest BCUT2D eigenvalue weighted by Gasteiger charge is -2.04. The first-order chi connectivity index (χ1) is 8.15. The summed E-state index contributed by atoms with van der Waals surface area (Å²) in [5.41, 5.74) is 7.35. The molecule has 0 spiro atoms. The summed E-state index contributed by atoms with van der Waals surface area (Å²) in [4.78, 5) is 4.39. The summed E-state index contributed by atoms with van der Waals surface area (Å²) < 4.78 is 6.99. The molecule has 0 aliphatic heterocycles. The highest BCUT2D eigenvalue weighted by Gasteiger charge is 2.29. The van der Waals surface area contributed by atoms with Crippen LogP contribution in [0.4, 0.5) is 5.69 Å². The quantitative estimate of drug-likeness (QED) is 0.831. The SMILES string of the molecule is Nc1c(Br)cc(Br)cc1-c1nc(C2CC2)no1. The van der Waals surface area contributed by atoms with Crippen LogP contribution in [0.15, 0.2) is 25.6 Å². The Morgan fingerprint density at radius 1 is 1.29 bits per heavy atom. The van der Waals surface area contributed by atoms with Crippen LogP contribution in [-0.4, -0.2) is 10.1 Å². The van der Waals surface area contributed by atoms with E-state index in [1.807, 2.05) is 12.1 Å². The molecule has 0 bridgehead atoms. The number of hydrogen-bond acceptors (Lipinski definition) is 4. The van der Waals surface area contributed by atoms with Crippen molar-refractivity contribution >= 4 is 37.5 Å². The summed E-state index contributed by atoms with van der Waals surface area (Å²) in [6, 6.07) is 3.77. The van der Waals surface area contributed by atoms with Gasteiger partial charge in [-0.3, -0.25) is 0 Å². The van der Waals surface area contributed by atoms with E-state index in [2.05, 4.69) is 42.0 Å². The minimum absolute atomic E-state index is 0.476. The summed E-state index contributed by atoms with van der Waals surface area (Å²) in [7, 11) is 0. The van der Waals surface area contributed by atoms with Crippen molar-refractivity contribution in [1.82, 2.24) is 10.1 Å². The number of halogens is 2. The number of anilines is 1. The van der Waals surface area contributed by atoms with E-state index in [0.29, 0.717) is 17.5 Å². The predicted octanol–water partition coefficient (Wildman–Crippen LogP) is 3.72. The molecule has 17 heavy (non-hydrogen) atoms. The molecule has 1 aliphatic carbocycles. The zero-order valence-electron chi connectivity index (χ0n) is 8.78. The molecule has 0 saturated heterocycles. The van der Waals surface area contributed by atoms with Gasteiger partial charge in [-0.05, 0) is 40.9 Å². The molecule has 0 atom stereocenters. The second-order valence-corrected chi connectivity index (χ2v) is 5.85. The Bertz CT molecular complexity index is 578. The van der Waals surface area contributed by atoms with Crippen molar-refractivity contribution < 1.29 is 4.52 Å². The summed E-state index contributed by atoms with van der Waals surface area (Å²) in [6.07, 6.45) is 2.30. The summed E-state index contributed by atoms with van der Waals surface area (Å²) in [5, 5.41) is 3.98. The highest BCUT2D eigenvalue weighted by atomic mass is 79.9. The van der Waals surface area contributed by atoms with E-state index in [1.54, 1.807) is 0 Å². The first-order valence-corrected chi connectivity index (χ1v) is 6.82. The number of benzene rings is 1. The van der Waals surface area contributed by atoms with Gasteiger partial charge in [-0.15, -0.1) is 0 Å². The van der Waals surface area contributed by atoms with Crippen molar-refractivity contribution in [2.24, 2.45) is 0 Å². The molecule has 6 heteroatoms. The average molecular weight is 359 g/mol. The molecule has 88 valence electrons. The molecule has 1 aromatic carbocycles. The maximum absolute atomic E-state index is 5.99. The van der Waals surface area contributed by atoms with Gasteiger partial charge in [0.2, 0.25) is 0 Å². The Labute approximate surface area is 115 Å². The van der Waals surface area contributed by atoms with Crippen LogP contribution in [0.3, 0.4) is 0 Å². The Kier molecular flexibility index (Phi) is 2.71. The van der Waals surface area contributed by atoms with Crippen molar-refractivity contribution in [3.63, 3.8) is 0 Å². The largest absolute Gasteiger partial charge is 0.397 e. The molecule has 2 aromatic rings. The van der Waals surface area contributed by atoms with E-state index in [9.17, 15) is 0 Å². The molecule has 1 heterocycles. The summed E-state index contributed by atoms with van der Waals surface area (Å²) in [5.74, 6) is 1.74. The number of nitrogens with zero attached hydrogens (tertiary/aromatic N) is 2. The number of rotatable bonds is 2. The Morgan fingerprint density at radius 2 is 2.06 bits per heavy atom. The fourth-order valence-corrected chi connectivity index (χ4v) is 2.84. The minimum Gasteiger partial charge on any atom is -0.397 e. The van der Waals surface area contributed by atoms with E-state index in [-0.39, 0.29) is 0 Å². The van der Waals surface area contributed by atoms with Gasteiger partial charge in [0.15, 0.2) is 5.82 Å². The molecule has 1 fully saturated rings. The fourth-order valence-electron chi connectivity index (χ4n) is 1.61. The molecule has 0 unspecified atom stereocenters. The van der Waals surface area contributed by atoms with E-state index in [1.165, 1.54) is 0 Å². The lowest BCUT2D eigenvalue weighted by molar-refractivity contribution is 0.423. The Morgan fingerprint density at radius 3 is 2.76 bits per heavy atom. The lowest BCUT2D eigenvalue weighted by atomic mass is 10.2. The molecular formula is C11H9Br2N3O. The van der Waals surface area contributed by atoms with Gasteiger partial charge in [-0.1, -0.05) is 21.1 Å². The number of nitrogens with two attached hydrogens (primary N) is 1. The molecule has 0 amide bonds. The van der Waals surface area contributed by atoms with Gasteiger partial charge in [0, 0.05) is 14.9 Å². The zero-order chi connectivity index (χ0) is 12.0. The van der Waals surface area contributed by atoms with Crippen molar-refractivity contribution in [2.75, 3.05) is 5.73 Å². The van der Waals surface area contributed by atoms with Crippen LogP contribution in [-0.2, 0) is 0 Å². The molecule has 4 nitrogen and oxygen atoms in total. The van der Waals surface area contributed by atoms with Gasteiger partial charge in [0.05, 0.1) is 11.3 Å². The summed E-state index contributed by atoms with van der Waals surface area (Å²) in [6.45, 7) is 0. The lowest BCUT2D eigenvalue weighted by Crippen LogP contribution is -1.92. The van der Waals surface area contributed by atoms with Gasteiger partial charge in [-0.25, -0.2) is 0 Å². The second-order valence-electron chi connectivity index (χ2n) is 4.08. The van der Waals surface area contributed by atoms with Gasteiger partial charge >= 0.3 is 0 Å². The second kappa shape index (κ2) is 4.10. The Hall–Kier alpha value is -0.880. The first-order valence-electron chi connectivity index (χ1n) is 5.23. The molecule has 3 rings (SSSR count). The third-order valence-electron chi connectivity index (χ3n) is 2.71. The number of hydrogen-bond donors (Lipinski definition) is 1. The van der Waals surface area contributed by atoms with Crippen LogP contribution in [0.25, 0.3) is 11.5 Å². The van der Waals surface area contributed by atoms with E-state index in [0.717, 1.165) is 33.2 Å². The van der Waals surface area contributed by atoms with E-state index >= 15 is 0 Å². The smallest absolute Gasteiger partial charge is 0.260 e. The van der Waals surface area contributed by atoms with Gasteiger partial charge in [0.25, 0.3) is 5.89 Å².